The van der Waals surface area contributed by atoms with E-state index in [-0.39, 0.29) is 18.0 Å². The monoisotopic (exact) mass is 243 g/mol. The number of hydrogen-bond donors (Lipinski definition) is 0. The SMILES string of the molecule is CCN(CC#N)S(=O)(=O)c1cncc(F)c1. The van der Waals surface area contributed by atoms with Gasteiger partial charge in [0.2, 0.25) is 10.0 Å². The van der Waals surface area contributed by atoms with Crippen molar-refractivity contribution in [2.45, 2.75) is 11.8 Å². The summed E-state index contributed by atoms with van der Waals surface area (Å²) in [5.41, 5.74) is 0. The maximum Gasteiger partial charge on any atom is 0.245 e. The van der Waals surface area contributed by atoms with Gasteiger partial charge in [-0.15, -0.1) is 0 Å². The van der Waals surface area contributed by atoms with Gasteiger partial charge in [0, 0.05) is 12.7 Å². The predicted octanol–water partition coefficient (Wildman–Crippen LogP) is 0.755. The summed E-state index contributed by atoms with van der Waals surface area (Å²) in [4.78, 5) is 3.22. The molecule has 0 aliphatic rings. The third kappa shape index (κ3) is 2.53. The largest absolute Gasteiger partial charge is 0.260 e. The standard InChI is InChI=1S/C9H10FN3O2S/c1-2-13(4-3-11)16(14,15)9-5-8(10)6-12-7-9/h5-7H,2,4H2,1H3. The highest BCUT2D eigenvalue weighted by molar-refractivity contribution is 7.89. The van der Waals surface area contributed by atoms with Crippen LogP contribution in [0.5, 0.6) is 0 Å². The number of pyridine rings is 1. The number of nitriles is 1. The van der Waals surface area contributed by atoms with Crippen molar-refractivity contribution in [1.29, 1.82) is 5.26 Å². The second-order valence-electron chi connectivity index (χ2n) is 2.93. The average molecular weight is 243 g/mol. The molecule has 1 aromatic heterocycles. The summed E-state index contributed by atoms with van der Waals surface area (Å²) >= 11 is 0. The van der Waals surface area contributed by atoms with Gasteiger partial charge in [-0.3, -0.25) is 4.98 Å². The highest BCUT2D eigenvalue weighted by Gasteiger charge is 2.23. The molecule has 16 heavy (non-hydrogen) atoms. The van der Waals surface area contributed by atoms with Crippen molar-refractivity contribution in [1.82, 2.24) is 9.29 Å². The number of aromatic nitrogens is 1. The first-order valence-corrected chi connectivity index (χ1v) is 5.94. The Morgan fingerprint density at radius 1 is 1.56 bits per heavy atom. The number of halogens is 1. The number of sulfonamides is 1. The van der Waals surface area contributed by atoms with Gasteiger partial charge in [-0.2, -0.15) is 9.57 Å². The predicted molar refractivity (Wildman–Crippen MR) is 54.2 cm³/mol. The molecule has 7 heteroatoms. The molecule has 0 spiro atoms. The summed E-state index contributed by atoms with van der Waals surface area (Å²) in [6.45, 7) is 1.48. The van der Waals surface area contributed by atoms with Crippen LogP contribution < -0.4 is 0 Å². The van der Waals surface area contributed by atoms with Crippen LogP contribution >= 0.6 is 0 Å². The molecule has 0 aliphatic carbocycles. The van der Waals surface area contributed by atoms with Crippen molar-refractivity contribution in [3.05, 3.63) is 24.3 Å². The molecule has 1 heterocycles. The molecule has 0 amide bonds. The fourth-order valence-electron chi connectivity index (χ4n) is 1.13. The minimum atomic E-state index is -3.83. The van der Waals surface area contributed by atoms with Crippen LogP contribution in [0.25, 0.3) is 0 Å². The lowest BCUT2D eigenvalue weighted by atomic mass is 10.5. The molecule has 0 N–H and O–H groups in total. The van der Waals surface area contributed by atoms with Crippen LogP contribution in [-0.4, -0.2) is 30.8 Å². The minimum Gasteiger partial charge on any atom is -0.260 e. The first-order valence-electron chi connectivity index (χ1n) is 4.50. The van der Waals surface area contributed by atoms with Crippen molar-refractivity contribution >= 4 is 10.0 Å². The second-order valence-corrected chi connectivity index (χ2v) is 4.87. The summed E-state index contributed by atoms with van der Waals surface area (Å²) in [6.07, 6.45) is 1.97. The van der Waals surface area contributed by atoms with Crippen LogP contribution in [0.3, 0.4) is 0 Å². The van der Waals surface area contributed by atoms with Gasteiger partial charge in [0.1, 0.15) is 17.3 Å². The van der Waals surface area contributed by atoms with Crippen molar-refractivity contribution in [3.8, 4) is 6.07 Å². The molecule has 0 fully saturated rings. The Morgan fingerprint density at radius 3 is 2.75 bits per heavy atom. The van der Waals surface area contributed by atoms with Crippen LogP contribution in [0.1, 0.15) is 6.92 Å². The Hall–Kier alpha value is -1.52. The van der Waals surface area contributed by atoms with Crippen LogP contribution in [-0.2, 0) is 10.0 Å². The van der Waals surface area contributed by atoms with Gasteiger partial charge in [0.15, 0.2) is 0 Å². The van der Waals surface area contributed by atoms with E-state index >= 15 is 0 Å². The van der Waals surface area contributed by atoms with Gasteiger partial charge < -0.3 is 0 Å². The van der Waals surface area contributed by atoms with E-state index in [1.54, 1.807) is 13.0 Å². The molecule has 1 rings (SSSR count). The number of rotatable bonds is 4. The van der Waals surface area contributed by atoms with Crippen molar-refractivity contribution in [2.75, 3.05) is 13.1 Å². The molecule has 0 bridgehead atoms. The molecule has 86 valence electrons. The Morgan fingerprint density at radius 2 is 2.25 bits per heavy atom. The number of hydrogen-bond acceptors (Lipinski definition) is 4. The topological polar surface area (TPSA) is 74.1 Å². The van der Waals surface area contributed by atoms with E-state index < -0.39 is 15.8 Å². The zero-order valence-electron chi connectivity index (χ0n) is 8.59. The van der Waals surface area contributed by atoms with Gasteiger partial charge >= 0.3 is 0 Å². The van der Waals surface area contributed by atoms with Gasteiger partial charge in [0.25, 0.3) is 0 Å². The Labute approximate surface area is 93.2 Å². The summed E-state index contributed by atoms with van der Waals surface area (Å²) in [7, 11) is -3.83. The van der Waals surface area contributed by atoms with E-state index in [0.717, 1.165) is 22.8 Å². The normalized spacial score (nSPS) is 11.4. The Balaban J connectivity index is 3.16. The molecule has 0 unspecified atom stereocenters. The summed E-state index contributed by atoms with van der Waals surface area (Å²) in [6, 6.07) is 2.62. The highest BCUT2D eigenvalue weighted by atomic mass is 32.2. The van der Waals surface area contributed by atoms with Crippen molar-refractivity contribution < 1.29 is 12.8 Å². The molecule has 0 saturated heterocycles. The van der Waals surface area contributed by atoms with Gasteiger partial charge in [-0.25, -0.2) is 12.8 Å². The van der Waals surface area contributed by atoms with E-state index in [9.17, 15) is 12.8 Å². The smallest absolute Gasteiger partial charge is 0.245 e. The maximum atomic E-state index is 12.8. The third-order valence-electron chi connectivity index (χ3n) is 1.92. The zero-order valence-corrected chi connectivity index (χ0v) is 9.41. The van der Waals surface area contributed by atoms with E-state index in [1.165, 1.54) is 0 Å². The molecule has 5 nitrogen and oxygen atoms in total. The average Bonchev–Trinajstić information content (AvgIpc) is 2.25. The lowest BCUT2D eigenvalue weighted by Crippen LogP contribution is -2.31. The minimum absolute atomic E-state index is 0.145. The fourth-order valence-corrected chi connectivity index (χ4v) is 2.45. The van der Waals surface area contributed by atoms with Crippen LogP contribution in [0.15, 0.2) is 23.4 Å². The molecule has 0 saturated carbocycles. The van der Waals surface area contributed by atoms with Gasteiger partial charge in [-0.05, 0) is 6.07 Å². The zero-order chi connectivity index (χ0) is 12.2. The van der Waals surface area contributed by atoms with E-state index in [4.69, 9.17) is 5.26 Å². The Kier molecular flexibility index (Phi) is 3.93. The van der Waals surface area contributed by atoms with Crippen LogP contribution in [0.2, 0.25) is 0 Å². The van der Waals surface area contributed by atoms with Crippen LogP contribution in [0, 0.1) is 17.1 Å². The first-order chi connectivity index (χ1) is 7.52. The maximum absolute atomic E-state index is 12.8. The first kappa shape index (κ1) is 12.5. The van der Waals surface area contributed by atoms with Crippen molar-refractivity contribution in [2.24, 2.45) is 0 Å². The number of nitrogens with zero attached hydrogens (tertiary/aromatic N) is 3. The third-order valence-corrected chi connectivity index (χ3v) is 3.80. The molecule has 1 aromatic rings. The summed E-state index contributed by atoms with van der Waals surface area (Å²) in [5.74, 6) is -0.728. The van der Waals surface area contributed by atoms with Crippen molar-refractivity contribution in [3.63, 3.8) is 0 Å². The molecule has 0 radical (unpaired) electrons. The lowest BCUT2D eigenvalue weighted by molar-refractivity contribution is 0.461. The quantitative estimate of drug-likeness (QED) is 0.731. The summed E-state index contributed by atoms with van der Waals surface area (Å²) in [5, 5.41) is 8.49. The molecular weight excluding hydrogens is 233 g/mol. The van der Waals surface area contributed by atoms with Gasteiger partial charge in [0.05, 0.1) is 12.3 Å². The molecule has 0 atom stereocenters. The highest BCUT2D eigenvalue weighted by Crippen LogP contribution is 2.14. The second kappa shape index (κ2) is 5.01. The molecule has 0 aliphatic heterocycles. The summed E-state index contributed by atoms with van der Waals surface area (Å²) < 4.78 is 37.5. The van der Waals surface area contributed by atoms with Gasteiger partial charge in [-0.1, -0.05) is 6.92 Å². The fraction of sp³-hybridized carbons (Fsp3) is 0.333. The van der Waals surface area contributed by atoms with E-state index in [0.29, 0.717) is 0 Å². The molecular formula is C9H10FN3O2S. The van der Waals surface area contributed by atoms with Crippen LogP contribution in [0.4, 0.5) is 4.39 Å². The Bertz CT molecular complexity index is 510. The van der Waals surface area contributed by atoms with E-state index in [2.05, 4.69) is 4.98 Å². The lowest BCUT2D eigenvalue weighted by Gasteiger charge is -2.16. The van der Waals surface area contributed by atoms with E-state index in [1.807, 2.05) is 0 Å². The molecule has 0 aromatic carbocycles.